The van der Waals surface area contributed by atoms with Crippen LogP contribution in [0.5, 0.6) is 0 Å². The highest BCUT2D eigenvalue weighted by Gasteiger charge is 2.72. The highest BCUT2D eigenvalue weighted by atomic mass is 16.7. The monoisotopic (exact) mass is 460 g/mol. The van der Waals surface area contributed by atoms with Gasteiger partial charge in [0.25, 0.3) is 0 Å². The average Bonchev–Trinajstić information content (AvgIpc) is 3.42. The van der Waals surface area contributed by atoms with Crippen molar-refractivity contribution in [2.45, 2.75) is 63.9 Å². The lowest BCUT2D eigenvalue weighted by Crippen LogP contribution is -2.42. The molecule has 2 aromatic heterocycles. The van der Waals surface area contributed by atoms with Gasteiger partial charge in [-0.3, -0.25) is 9.97 Å². The zero-order valence-corrected chi connectivity index (χ0v) is 20.4. The van der Waals surface area contributed by atoms with E-state index in [4.69, 9.17) is 28.9 Å². The highest BCUT2D eigenvalue weighted by molar-refractivity contribution is 5.60. The molecule has 0 N–H and O–H groups in total. The van der Waals surface area contributed by atoms with Crippen molar-refractivity contribution < 1.29 is 18.9 Å². The van der Waals surface area contributed by atoms with E-state index in [0.29, 0.717) is 23.7 Å². The molecule has 2 saturated carbocycles. The Morgan fingerprint density at radius 2 is 1.00 bits per heavy atom. The number of rotatable bonds is 1. The van der Waals surface area contributed by atoms with Gasteiger partial charge in [-0.2, -0.15) is 0 Å². The van der Waals surface area contributed by atoms with Crippen molar-refractivity contribution in [3.05, 3.63) is 46.8 Å². The molecule has 4 fully saturated rings. The fourth-order valence-electron chi connectivity index (χ4n) is 7.56. The summed E-state index contributed by atoms with van der Waals surface area (Å²) in [6.45, 7) is 11.1. The zero-order chi connectivity index (χ0) is 23.1. The van der Waals surface area contributed by atoms with Crippen LogP contribution in [-0.2, 0) is 31.8 Å². The van der Waals surface area contributed by atoms with Crippen molar-refractivity contribution in [1.82, 2.24) is 9.97 Å². The summed E-state index contributed by atoms with van der Waals surface area (Å²) in [6, 6.07) is 8.86. The molecule has 34 heavy (non-hydrogen) atoms. The van der Waals surface area contributed by atoms with Gasteiger partial charge >= 0.3 is 0 Å². The van der Waals surface area contributed by atoms with E-state index < -0.39 is 11.6 Å². The fraction of sp³-hybridized carbons (Fsp3) is 0.643. The largest absolute Gasteiger partial charge is 0.350 e. The van der Waals surface area contributed by atoms with E-state index in [2.05, 4.69) is 24.3 Å². The first-order valence-electron chi connectivity index (χ1n) is 12.8. The van der Waals surface area contributed by atoms with E-state index in [9.17, 15) is 0 Å². The predicted molar refractivity (Wildman–Crippen MR) is 124 cm³/mol. The molecule has 0 bridgehead atoms. The molecule has 4 atom stereocenters. The summed E-state index contributed by atoms with van der Waals surface area (Å²) in [7, 11) is 0. The van der Waals surface area contributed by atoms with Gasteiger partial charge in [-0.25, -0.2) is 0 Å². The number of fused-ring (bicyclic) bond motifs is 10. The lowest BCUT2D eigenvalue weighted by Gasteiger charge is -2.37. The highest BCUT2D eigenvalue weighted by Crippen LogP contribution is 2.72. The van der Waals surface area contributed by atoms with Crippen molar-refractivity contribution in [2.75, 3.05) is 26.4 Å². The Bertz CT molecular complexity index is 1120. The molecule has 6 nitrogen and oxygen atoms in total. The maximum Gasteiger partial charge on any atom is 0.162 e. The normalized spacial score (nSPS) is 36.0. The summed E-state index contributed by atoms with van der Waals surface area (Å²) in [4.78, 5) is 10.4. The van der Waals surface area contributed by atoms with Crippen LogP contribution in [0.2, 0.25) is 0 Å². The number of nitrogens with zero attached hydrogens (tertiary/aromatic N) is 2. The van der Waals surface area contributed by atoms with E-state index in [1.807, 2.05) is 27.7 Å². The standard InChI is InChI=1S/C28H32N2O4/c1-25(2)31-11-27(12-32-25)17-9-15-5-7-19(29-23(15)21(17)27)20-8-6-16-10-18-22(24(16)30-20)28(18)13-33-26(3,4)34-14-28/h5-8,17-18,21-22H,9-14H2,1-4H3/t17-,18-,21-,22-/m1/s1. The fourth-order valence-corrected chi connectivity index (χ4v) is 7.56. The van der Waals surface area contributed by atoms with Crippen molar-refractivity contribution in [2.24, 2.45) is 22.7 Å². The molecule has 2 aliphatic heterocycles. The summed E-state index contributed by atoms with van der Waals surface area (Å²) < 4.78 is 24.2. The van der Waals surface area contributed by atoms with Crippen molar-refractivity contribution in [3.8, 4) is 11.4 Å². The second-order valence-corrected chi connectivity index (χ2v) is 12.5. The average molecular weight is 461 g/mol. The molecule has 178 valence electrons. The summed E-state index contributed by atoms with van der Waals surface area (Å²) in [5.74, 6) is 1.13. The molecule has 2 spiro atoms. The molecule has 2 saturated heterocycles. The third-order valence-electron chi connectivity index (χ3n) is 9.81. The Kier molecular flexibility index (Phi) is 3.65. The number of hydrogen-bond donors (Lipinski definition) is 0. The Labute approximate surface area is 200 Å². The molecule has 4 aliphatic carbocycles. The van der Waals surface area contributed by atoms with E-state index in [0.717, 1.165) is 50.7 Å². The molecule has 6 aliphatic rings. The zero-order valence-electron chi connectivity index (χ0n) is 20.4. The second-order valence-electron chi connectivity index (χ2n) is 12.5. The van der Waals surface area contributed by atoms with Crippen LogP contribution in [0.4, 0.5) is 0 Å². The van der Waals surface area contributed by atoms with E-state index in [1.165, 1.54) is 22.5 Å². The third-order valence-corrected chi connectivity index (χ3v) is 9.81. The number of ether oxygens (including phenoxy) is 4. The molecule has 0 amide bonds. The molecule has 6 heteroatoms. The first-order valence-corrected chi connectivity index (χ1v) is 12.8. The van der Waals surface area contributed by atoms with Crippen LogP contribution in [0.1, 0.15) is 62.0 Å². The maximum absolute atomic E-state index is 6.06. The van der Waals surface area contributed by atoms with Gasteiger partial charge in [0.2, 0.25) is 0 Å². The molecule has 8 rings (SSSR count). The van der Waals surface area contributed by atoms with Gasteiger partial charge in [-0.15, -0.1) is 0 Å². The minimum Gasteiger partial charge on any atom is -0.350 e. The summed E-state index contributed by atoms with van der Waals surface area (Å²) >= 11 is 0. The molecule has 0 radical (unpaired) electrons. The molecule has 4 heterocycles. The van der Waals surface area contributed by atoms with Crippen molar-refractivity contribution in [1.29, 1.82) is 0 Å². The van der Waals surface area contributed by atoms with Crippen molar-refractivity contribution in [3.63, 3.8) is 0 Å². The van der Waals surface area contributed by atoms with Crippen LogP contribution in [-0.4, -0.2) is 48.0 Å². The first-order chi connectivity index (χ1) is 16.2. The van der Waals surface area contributed by atoms with Gasteiger partial charge in [0.15, 0.2) is 11.6 Å². The minimum absolute atomic E-state index is 0.113. The lowest BCUT2D eigenvalue weighted by atomic mass is 9.93. The Morgan fingerprint density at radius 1 is 0.618 bits per heavy atom. The van der Waals surface area contributed by atoms with Crippen LogP contribution < -0.4 is 0 Å². The SMILES string of the molecule is CC1(C)OCC2(CO1)[C@@H]1Cc3ccc(-c4ccc5c(n4)[C@H]4[C@@H](C5)C45COC(C)(C)OC5)nc3[C@@H]12. The van der Waals surface area contributed by atoms with E-state index >= 15 is 0 Å². The lowest BCUT2D eigenvalue weighted by molar-refractivity contribution is -0.271. The Balaban J connectivity index is 1.08. The minimum atomic E-state index is -0.475. The van der Waals surface area contributed by atoms with Crippen LogP contribution in [0.15, 0.2) is 24.3 Å². The smallest absolute Gasteiger partial charge is 0.162 e. The van der Waals surface area contributed by atoms with Gasteiger partial charge in [-0.05, 0) is 75.6 Å². The van der Waals surface area contributed by atoms with Gasteiger partial charge < -0.3 is 18.9 Å². The van der Waals surface area contributed by atoms with Crippen molar-refractivity contribution >= 4 is 0 Å². The van der Waals surface area contributed by atoms with Gasteiger partial charge in [-0.1, -0.05) is 12.1 Å². The number of aromatic nitrogens is 2. The van der Waals surface area contributed by atoms with E-state index in [-0.39, 0.29) is 10.8 Å². The van der Waals surface area contributed by atoms with E-state index in [1.54, 1.807) is 0 Å². The predicted octanol–water partition coefficient (Wildman–Crippen LogP) is 4.22. The first kappa shape index (κ1) is 20.3. The summed E-state index contributed by atoms with van der Waals surface area (Å²) in [5.41, 5.74) is 7.45. The number of pyridine rings is 2. The third kappa shape index (κ3) is 2.55. The molecule has 2 aromatic rings. The Morgan fingerprint density at radius 3 is 1.38 bits per heavy atom. The molecule has 0 unspecified atom stereocenters. The molecular formula is C28H32N2O4. The van der Waals surface area contributed by atoms with Gasteiger partial charge in [0.1, 0.15) is 0 Å². The second kappa shape index (κ2) is 6.09. The summed E-state index contributed by atoms with van der Waals surface area (Å²) in [5, 5.41) is 0. The summed E-state index contributed by atoms with van der Waals surface area (Å²) in [6.07, 6.45) is 2.17. The van der Waals surface area contributed by atoms with Crippen LogP contribution in [0.3, 0.4) is 0 Å². The topological polar surface area (TPSA) is 62.7 Å². The number of hydrogen-bond acceptors (Lipinski definition) is 6. The Hall–Kier alpha value is -1.86. The molecule has 0 aromatic carbocycles. The maximum atomic E-state index is 6.06. The van der Waals surface area contributed by atoms with Gasteiger partial charge in [0.05, 0.1) is 37.8 Å². The van der Waals surface area contributed by atoms with Crippen LogP contribution >= 0.6 is 0 Å². The molecular weight excluding hydrogens is 428 g/mol. The van der Waals surface area contributed by atoms with Crippen LogP contribution in [0, 0.1) is 22.7 Å². The van der Waals surface area contributed by atoms with Crippen LogP contribution in [0.25, 0.3) is 11.4 Å². The van der Waals surface area contributed by atoms with Gasteiger partial charge in [0, 0.05) is 34.1 Å². The quantitative estimate of drug-likeness (QED) is 0.635.